The first-order chi connectivity index (χ1) is 14.8. The topological polar surface area (TPSA) is 89.0 Å². The minimum Gasteiger partial charge on any atom is -0.325 e. The summed E-state index contributed by atoms with van der Waals surface area (Å²) in [6.45, 7) is 7.58. The lowest BCUT2D eigenvalue weighted by Crippen LogP contribution is -2.24. The first-order valence-electron chi connectivity index (χ1n) is 9.88. The summed E-state index contributed by atoms with van der Waals surface area (Å²) < 4.78 is 0. The number of ketones is 2. The Bertz CT molecular complexity index is 1230. The van der Waals surface area contributed by atoms with Crippen LogP contribution in [-0.2, 0) is 4.79 Å². The number of benzene rings is 2. The van der Waals surface area contributed by atoms with Gasteiger partial charge in [0.2, 0.25) is 5.91 Å². The van der Waals surface area contributed by atoms with Crippen LogP contribution in [0, 0.1) is 20.8 Å². The van der Waals surface area contributed by atoms with E-state index < -0.39 is 5.25 Å². The minimum absolute atomic E-state index is 0.186. The van der Waals surface area contributed by atoms with E-state index in [-0.39, 0.29) is 17.5 Å². The van der Waals surface area contributed by atoms with Crippen LogP contribution in [0.4, 0.5) is 5.69 Å². The normalized spacial score (nSPS) is 13.4. The van der Waals surface area contributed by atoms with Crippen molar-refractivity contribution in [1.82, 2.24) is 9.97 Å². The molecule has 156 valence electrons. The predicted octanol–water partition coefficient (Wildman–Crippen LogP) is 4.30. The van der Waals surface area contributed by atoms with Gasteiger partial charge in [0.15, 0.2) is 16.7 Å². The molecular formula is C24H21N3O3S. The SMILES string of the molecule is Cc1nc(S[C@@H](C)C(=O)Nc2ccc3c(c2)C(=O)c2ccccc2C3=O)nc(C)c1C. The molecule has 4 rings (SSSR count). The summed E-state index contributed by atoms with van der Waals surface area (Å²) in [6.07, 6.45) is 0. The van der Waals surface area contributed by atoms with Crippen molar-refractivity contribution in [3.8, 4) is 0 Å². The maximum atomic E-state index is 12.9. The second-order valence-electron chi connectivity index (χ2n) is 7.52. The van der Waals surface area contributed by atoms with Crippen molar-refractivity contribution < 1.29 is 14.4 Å². The molecule has 1 N–H and O–H groups in total. The molecule has 31 heavy (non-hydrogen) atoms. The predicted molar refractivity (Wildman–Crippen MR) is 120 cm³/mol. The number of carbonyl (C=O) groups is 3. The maximum Gasteiger partial charge on any atom is 0.237 e. The van der Waals surface area contributed by atoms with Crippen LogP contribution in [0.3, 0.4) is 0 Å². The third-order valence-corrected chi connectivity index (χ3v) is 6.42. The number of thioether (sulfide) groups is 1. The lowest BCUT2D eigenvalue weighted by atomic mass is 9.84. The molecule has 0 aliphatic heterocycles. The third-order valence-electron chi connectivity index (χ3n) is 5.46. The van der Waals surface area contributed by atoms with E-state index in [2.05, 4.69) is 15.3 Å². The molecule has 3 aromatic rings. The summed E-state index contributed by atoms with van der Waals surface area (Å²) in [4.78, 5) is 47.2. The Labute approximate surface area is 184 Å². The van der Waals surface area contributed by atoms with Gasteiger partial charge in [0.25, 0.3) is 0 Å². The minimum atomic E-state index is -0.449. The Morgan fingerprint density at radius 3 is 2.03 bits per heavy atom. The van der Waals surface area contributed by atoms with Gasteiger partial charge in [0.1, 0.15) is 0 Å². The fourth-order valence-corrected chi connectivity index (χ4v) is 4.29. The maximum absolute atomic E-state index is 12.9. The van der Waals surface area contributed by atoms with Crippen molar-refractivity contribution in [2.75, 3.05) is 5.32 Å². The average molecular weight is 432 g/mol. The van der Waals surface area contributed by atoms with Crippen LogP contribution in [0.1, 0.15) is 55.7 Å². The van der Waals surface area contributed by atoms with Gasteiger partial charge in [-0.25, -0.2) is 9.97 Å². The lowest BCUT2D eigenvalue weighted by molar-refractivity contribution is -0.115. The van der Waals surface area contributed by atoms with Crippen LogP contribution >= 0.6 is 11.8 Å². The standard InChI is InChI=1S/C24H21N3O3S/c1-12-13(2)25-24(26-14(12)3)31-15(4)23(30)27-16-9-10-19-20(11-16)22(29)18-8-6-5-7-17(18)21(19)28/h5-11,15H,1-4H3,(H,27,30)/t15-/m0/s1. The number of anilines is 1. The molecule has 1 aliphatic carbocycles. The van der Waals surface area contributed by atoms with E-state index in [9.17, 15) is 14.4 Å². The van der Waals surface area contributed by atoms with Crippen molar-refractivity contribution >= 4 is 34.9 Å². The molecule has 1 heterocycles. The third kappa shape index (κ3) is 3.88. The molecule has 0 unspecified atom stereocenters. The van der Waals surface area contributed by atoms with Gasteiger partial charge in [-0.2, -0.15) is 0 Å². The van der Waals surface area contributed by atoms with Crippen molar-refractivity contribution in [1.29, 1.82) is 0 Å². The zero-order valence-corrected chi connectivity index (χ0v) is 18.5. The molecule has 0 bridgehead atoms. The number of hydrogen-bond donors (Lipinski definition) is 1. The van der Waals surface area contributed by atoms with Crippen LogP contribution < -0.4 is 5.32 Å². The molecule has 1 aromatic heterocycles. The van der Waals surface area contributed by atoms with Gasteiger partial charge in [-0.15, -0.1) is 0 Å². The Hall–Kier alpha value is -3.32. The molecule has 1 atom stereocenters. The van der Waals surface area contributed by atoms with Crippen LogP contribution in [0.15, 0.2) is 47.6 Å². The molecule has 0 spiro atoms. The van der Waals surface area contributed by atoms with Crippen LogP contribution in [0.5, 0.6) is 0 Å². The van der Waals surface area contributed by atoms with Gasteiger partial charge in [0, 0.05) is 39.3 Å². The summed E-state index contributed by atoms with van der Waals surface area (Å²) in [6, 6.07) is 11.6. The van der Waals surface area contributed by atoms with Gasteiger partial charge in [-0.1, -0.05) is 36.0 Å². The molecule has 2 aromatic carbocycles. The van der Waals surface area contributed by atoms with Gasteiger partial charge < -0.3 is 5.32 Å². The fourth-order valence-electron chi connectivity index (χ4n) is 3.43. The highest BCUT2D eigenvalue weighted by atomic mass is 32.2. The van der Waals surface area contributed by atoms with E-state index in [0.717, 1.165) is 17.0 Å². The number of nitrogens with one attached hydrogen (secondary N) is 1. The van der Waals surface area contributed by atoms with Crippen LogP contribution in [-0.4, -0.2) is 32.7 Å². The number of rotatable bonds is 4. The molecule has 0 saturated carbocycles. The number of fused-ring (bicyclic) bond motifs is 2. The second kappa shape index (κ2) is 8.07. The Morgan fingerprint density at radius 1 is 0.871 bits per heavy atom. The summed E-state index contributed by atoms with van der Waals surface area (Å²) in [5, 5.41) is 2.93. The number of nitrogens with zero attached hydrogens (tertiary/aromatic N) is 2. The molecule has 1 amide bonds. The van der Waals surface area contributed by atoms with E-state index in [1.165, 1.54) is 11.8 Å². The molecule has 0 radical (unpaired) electrons. The van der Waals surface area contributed by atoms with E-state index >= 15 is 0 Å². The fraction of sp³-hybridized carbons (Fsp3) is 0.208. The molecular weight excluding hydrogens is 410 g/mol. The molecule has 7 heteroatoms. The van der Waals surface area contributed by atoms with Crippen molar-refractivity contribution in [2.24, 2.45) is 0 Å². The van der Waals surface area contributed by atoms with E-state index in [1.807, 2.05) is 20.8 Å². The number of hydrogen-bond acceptors (Lipinski definition) is 6. The van der Waals surface area contributed by atoms with E-state index in [0.29, 0.717) is 33.1 Å². The van der Waals surface area contributed by atoms with Gasteiger partial charge in [0.05, 0.1) is 5.25 Å². The molecule has 6 nitrogen and oxygen atoms in total. The zero-order chi connectivity index (χ0) is 22.3. The highest BCUT2D eigenvalue weighted by Crippen LogP contribution is 2.29. The second-order valence-corrected chi connectivity index (χ2v) is 8.82. The van der Waals surface area contributed by atoms with E-state index in [1.54, 1.807) is 49.4 Å². The summed E-state index contributed by atoms with van der Waals surface area (Å²) in [5.41, 5.74) is 4.73. The zero-order valence-electron chi connectivity index (χ0n) is 17.6. The first-order valence-corrected chi connectivity index (χ1v) is 10.8. The summed E-state index contributed by atoms with van der Waals surface area (Å²) in [5.74, 6) is -0.642. The first kappa shape index (κ1) is 20.9. The monoisotopic (exact) mass is 431 g/mol. The van der Waals surface area contributed by atoms with Gasteiger partial charge in [-0.3, -0.25) is 14.4 Å². The van der Waals surface area contributed by atoms with Crippen molar-refractivity contribution in [3.05, 3.63) is 81.7 Å². The number of aryl methyl sites for hydroxylation is 2. The highest BCUT2D eigenvalue weighted by molar-refractivity contribution is 8.00. The van der Waals surface area contributed by atoms with Crippen molar-refractivity contribution in [3.63, 3.8) is 0 Å². The Morgan fingerprint density at radius 2 is 1.42 bits per heavy atom. The molecule has 0 fully saturated rings. The largest absolute Gasteiger partial charge is 0.325 e. The summed E-state index contributed by atoms with van der Waals surface area (Å²) in [7, 11) is 0. The summed E-state index contributed by atoms with van der Waals surface area (Å²) >= 11 is 1.27. The Kier molecular flexibility index (Phi) is 5.45. The van der Waals surface area contributed by atoms with Crippen LogP contribution in [0.2, 0.25) is 0 Å². The number of amides is 1. The van der Waals surface area contributed by atoms with Crippen molar-refractivity contribution in [2.45, 2.75) is 38.1 Å². The van der Waals surface area contributed by atoms with Gasteiger partial charge in [-0.05, 0) is 51.5 Å². The number of carbonyl (C=O) groups excluding carboxylic acids is 3. The van der Waals surface area contributed by atoms with Gasteiger partial charge >= 0.3 is 0 Å². The molecule has 1 aliphatic rings. The Balaban J connectivity index is 1.53. The quantitative estimate of drug-likeness (QED) is 0.383. The highest BCUT2D eigenvalue weighted by Gasteiger charge is 2.29. The van der Waals surface area contributed by atoms with Crippen LogP contribution in [0.25, 0.3) is 0 Å². The average Bonchev–Trinajstić information content (AvgIpc) is 2.75. The van der Waals surface area contributed by atoms with E-state index in [4.69, 9.17) is 0 Å². The number of aromatic nitrogens is 2. The smallest absolute Gasteiger partial charge is 0.237 e. The molecule has 0 saturated heterocycles. The lowest BCUT2D eigenvalue weighted by Gasteiger charge is -2.18.